The Balaban J connectivity index is 1.91. The maximum atomic E-state index is 13.1. The molecule has 0 fully saturated rings. The Morgan fingerprint density at radius 3 is 2.32 bits per heavy atom. The van der Waals surface area contributed by atoms with Crippen LogP contribution in [0.4, 0.5) is 5.95 Å². The smallest absolute Gasteiger partial charge is 0.264 e. The first-order valence-electron chi connectivity index (χ1n) is 9.90. The lowest BCUT2D eigenvalue weighted by Crippen LogP contribution is -2.17. The zero-order valence-corrected chi connectivity index (χ0v) is 18.9. The second-order valence-electron chi connectivity index (χ2n) is 7.46. The molecule has 0 atom stereocenters. The predicted molar refractivity (Wildman–Crippen MR) is 120 cm³/mol. The summed E-state index contributed by atoms with van der Waals surface area (Å²) >= 11 is 0. The second kappa shape index (κ2) is 10.00. The van der Waals surface area contributed by atoms with Gasteiger partial charge in [-0.25, -0.2) is 23.1 Å². The van der Waals surface area contributed by atoms with E-state index in [1.54, 1.807) is 25.3 Å². The molecular weight excluding hydrogens is 414 g/mol. The van der Waals surface area contributed by atoms with Crippen molar-refractivity contribution in [2.24, 2.45) is 0 Å². The van der Waals surface area contributed by atoms with Gasteiger partial charge < -0.3 is 9.47 Å². The van der Waals surface area contributed by atoms with E-state index in [0.29, 0.717) is 23.8 Å². The minimum absolute atomic E-state index is 0.00551. The molecule has 0 radical (unpaired) electrons. The molecule has 0 aliphatic rings. The molecule has 1 N–H and O–H groups in total. The van der Waals surface area contributed by atoms with E-state index in [-0.39, 0.29) is 17.5 Å². The van der Waals surface area contributed by atoms with E-state index in [0.717, 1.165) is 11.1 Å². The lowest BCUT2D eigenvalue weighted by Gasteiger charge is -2.13. The van der Waals surface area contributed by atoms with E-state index in [2.05, 4.69) is 28.5 Å². The van der Waals surface area contributed by atoms with Crippen LogP contribution in [0.25, 0.3) is 11.3 Å². The van der Waals surface area contributed by atoms with Gasteiger partial charge in [0, 0.05) is 26.0 Å². The Morgan fingerprint density at radius 1 is 0.968 bits per heavy atom. The summed E-state index contributed by atoms with van der Waals surface area (Å²) in [5, 5.41) is 0. The molecule has 164 valence electrons. The van der Waals surface area contributed by atoms with Gasteiger partial charge in [0.25, 0.3) is 10.0 Å². The Bertz CT molecular complexity index is 1130. The van der Waals surface area contributed by atoms with Crippen molar-refractivity contribution in [1.29, 1.82) is 0 Å². The fourth-order valence-electron chi connectivity index (χ4n) is 3.16. The zero-order chi connectivity index (χ0) is 22.4. The third-order valence-electron chi connectivity index (χ3n) is 4.79. The molecule has 0 spiro atoms. The maximum Gasteiger partial charge on any atom is 0.264 e. The van der Waals surface area contributed by atoms with Crippen molar-refractivity contribution < 1.29 is 17.9 Å². The number of nitrogens with zero attached hydrogens (tertiary/aromatic N) is 2. The minimum atomic E-state index is -3.93. The molecule has 0 bridgehead atoms. The van der Waals surface area contributed by atoms with Crippen molar-refractivity contribution in [3.05, 3.63) is 71.4 Å². The van der Waals surface area contributed by atoms with Crippen LogP contribution in [0, 0.1) is 0 Å². The summed E-state index contributed by atoms with van der Waals surface area (Å²) in [4.78, 5) is 8.61. The van der Waals surface area contributed by atoms with Gasteiger partial charge in [0.15, 0.2) is 0 Å². The molecule has 3 rings (SSSR count). The third-order valence-corrected chi connectivity index (χ3v) is 6.20. The number of hydrogen-bond donors (Lipinski definition) is 1. The summed E-state index contributed by atoms with van der Waals surface area (Å²) in [6.07, 6.45) is 1.54. The number of sulfonamides is 1. The van der Waals surface area contributed by atoms with E-state index in [1.165, 1.54) is 18.9 Å². The summed E-state index contributed by atoms with van der Waals surface area (Å²) in [6.45, 7) is 4.72. The lowest BCUT2D eigenvalue weighted by atomic mass is 10.0. The van der Waals surface area contributed by atoms with Gasteiger partial charge in [0.2, 0.25) is 5.95 Å². The molecule has 1 aromatic heterocycles. The number of nitrogens with one attached hydrogen (secondary N) is 1. The van der Waals surface area contributed by atoms with Crippen molar-refractivity contribution in [3.63, 3.8) is 0 Å². The van der Waals surface area contributed by atoms with E-state index in [1.807, 2.05) is 30.3 Å². The average Bonchev–Trinajstić information content (AvgIpc) is 2.75. The number of benzene rings is 2. The van der Waals surface area contributed by atoms with E-state index in [4.69, 9.17) is 9.47 Å². The molecule has 0 saturated carbocycles. The number of hydrogen-bond acceptors (Lipinski definition) is 6. The average molecular weight is 442 g/mol. The summed E-state index contributed by atoms with van der Waals surface area (Å²) in [5.41, 5.74) is 4.01. The van der Waals surface area contributed by atoms with Crippen LogP contribution in [0.3, 0.4) is 0 Å². The normalized spacial score (nSPS) is 11.6. The molecule has 0 amide bonds. The Kier molecular flexibility index (Phi) is 7.37. The molecule has 3 aromatic rings. The first kappa shape index (κ1) is 22.9. The van der Waals surface area contributed by atoms with Crippen molar-refractivity contribution in [3.8, 4) is 11.3 Å². The van der Waals surface area contributed by atoms with Crippen LogP contribution < -0.4 is 4.72 Å². The molecule has 0 saturated heterocycles. The highest BCUT2D eigenvalue weighted by molar-refractivity contribution is 7.92. The fraction of sp³-hybridized carbons (Fsp3) is 0.304. The van der Waals surface area contributed by atoms with E-state index >= 15 is 0 Å². The van der Waals surface area contributed by atoms with E-state index in [9.17, 15) is 8.42 Å². The van der Waals surface area contributed by atoms with Gasteiger partial charge in [-0.15, -0.1) is 0 Å². The monoisotopic (exact) mass is 441 g/mol. The van der Waals surface area contributed by atoms with Gasteiger partial charge in [-0.1, -0.05) is 50.2 Å². The Labute approximate surface area is 183 Å². The van der Waals surface area contributed by atoms with E-state index < -0.39 is 10.0 Å². The van der Waals surface area contributed by atoms with Gasteiger partial charge in [0.1, 0.15) is 0 Å². The predicted octanol–water partition coefficient (Wildman–Crippen LogP) is 4.36. The van der Waals surface area contributed by atoms with Crippen molar-refractivity contribution in [2.75, 3.05) is 18.9 Å². The van der Waals surface area contributed by atoms with Crippen LogP contribution in [0.1, 0.15) is 36.5 Å². The number of aromatic nitrogens is 2. The van der Waals surface area contributed by atoms with Crippen LogP contribution >= 0.6 is 0 Å². The first-order valence-corrected chi connectivity index (χ1v) is 11.4. The summed E-state index contributed by atoms with van der Waals surface area (Å²) in [7, 11) is -0.858. The van der Waals surface area contributed by atoms with Gasteiger partial charge in [-0.2, -0.15) is 0 Å². The Morgan fingerprint density at radius 2 is 1.68 bits per heavy atom. The van der Waals surface area contributed by atoms with Crippen LogP contribution in [0.5, 0.6) is 0 Å². The molecular formula is C23H27N3O4S. The standard InChI is InChI=1S/C23H27N3O4S/c1-16(2)18-7-9-19(10-8-18)21-11-12-24-23(25-21)26-31(27,28)22-13-17(14-29-3)5-6-20(22)15-30-4/h5-13,16H,14-15H2,1-4H3,(H,24,25,26). The molecule has 1 heterocycles. The molecule has 0 aliphatic carbocycles. The number of ether oxygens (including phenoxy) is 2. The molecule has 0 aliphatic heterocycles. The molecule has 2 aromatic carbocycles. The third kappa shape index (κ3) is 5.66. The summed E-state index contributed by atoms with van der Waals surface area (Å²) < 4.78 is 39.1. The number of rotatable bonds is 9. The van der Waals surface area contributed by atoms with Crippen LogP contribution in [0.15, 0.2) is 59.6 Å². The number of anilines is 1. The van der Waals surface area contributed by atoms with Gasteiger partial charge in [0.05, 0.1) is 23.8 Å². The molecule has 0 unspecified atom stereocenters. The van der Waals surface area contributed by atoms with Gasteiger partial charge >= 0.3 is 0 Å². The van der Waals surface area contributed by atoms with Crippen molar-refractivity contribution in [1.82, 2.24) is 9.97 Å². The molecule has 7 nitrogen and oxygen atoms in total. The fourth-order valence-corrected chi connectivity index (χ4v) is 4.39. The van der Waals surface area contributed by atoms with Gasteiger partial charge in [-0.3, -0.25) is 0 Å². The summed E-state index contributed by atoms with van der Waals surface area (Å²) in [5.74, 6) is 0.433. The quantitative estimate of drug-likeness (QED) is 0.531. The number of methoxy groups -OCH3 is 2. The molecule has 8 heteroatoms. The largest absolute Gasteiger partial charge is 0.380 e. The lowest BCUT2D eigenvalue weighted by molar-refractivity contribution is 0.180. The Hall–Kier alpha value is -2.81. The minimum Gasteiger partial charge on any atom is -0.380 e. The maximum absolute atomic E-state index is 13.1. The second-order valence-corrected chi connectivity index (χ2v) is 9.11. The highest BCUT2D eigenvalue weighted by atomic mass is 32.2. The van der Waals surface area contributed by atoms with Crippen LogP contribution in [0.2, 0.25) is 0 Å². The zero-order valence-electron chi connectivity index (χ0n) is 18.1. The van der Waals surface area contributed by atoms with Crippen LogP contribution in [-0.2, 0) is 32.7 Å². The topological polar surface area (TPSA) is 90.4 Å². The van der Waals surface area contributed by atoms with Gasteiger partial charge in [-0.05, 0) is 34.7 Å². The van der Waals surface area contributed by atoms with Crippen molar-refractivity contribution in [2.45, 2.75) is 37.9 Å². The van der Waals surface area contributed by atoms with Crippen molar-refractivity contribution >= 4 is 16.0 Å². The molecule has 31 heavy (non-hydrogen) atoms. The summed E-state index contributed by atoms with van der Waals surface area (Å²) in [6, 6.07) is 14.9. The highest BCUT2D eigenvalue weighted by Gasteiger charge is 2.21. The first-order chi connectivity index (χ1) is 14.8. The van der Waals surface area contributed by atoms with Crippen LogP contribution in [-0.4, -0.2) is 32.6 Å². The SMILES string of the molecule is COCc1ccc(COC)c(S(=O)(=O)Nc2nccc(-c3ccc(C(C)C)cc3)n2)c1. The highest BCUT2D eigenvalue weighted by Crippen LogP contribution is 2.24.